The summed E-state index contributed by atoms with van der Waals surface area (Å²) in [4.78, 5) is 37.3. The van der Waals surface area contributed by atoms with E-state index < -0.39 is 23.4 Å². The maximum Gasteiger partial charge on any atom is 0.375 e. The first-order valence-corrected chi connectivity index (χ1v) is 8.94. The van der Waals surface area contributed by atoms with Gasteiger partial charge in [0.1, 0.15) is 5.58 Å². The third kappa shape index (κ3) is 4.12. The normalized spacial score (nSPS) is 11.9. The maximum absolute atomic E-state index is 12.2. The lowest BCUT2D eigenvalue weighted by atomic mass is 10.2. The zero-order chi connectivity index (χ0) is 18.7. The van der Waals surface area contributed by atoms with E-state index in [4.69, 9.17) is 20.8 Å². The minimum absolute atomic E-state index is 0.212. The van der Waals surface area contributed by atoms with Gasteiger partial charge in [0, 0.05) is 16.0 Å². The minimum Gasteiger partial charge on any atom is -0.449 e. The second-order valence-electron chi connectivity index (χ2n) is 5.46. The molecular formula is C18H14ClNO5S. The van der Waals surface area contributed by atoms with Crippen LogP contribution in [0.3, 0.4) is 0 Å². The van der Waals surface area contributed by atoms with Gasteiger partial charge in [0.05, 0.1) is 11.9 Å². The summed E-state index contributed by atoms with van der Waals surface area (Å²) in [6.45, 7) is 1.80. The Bertz CT molecular complexity index is 1010. The molecule has 134 valence electrons. The molecule has 0 saturated heterocycles. The standard InChI is InChI=1S/C18H14ClNO5S/c1-10(17(22)20-9-12-3-2-6-26-12)24-18(23)16-8-14(21)13-7-11(19)4-5-15(13)25-16/h2-8,10H,9H2,1H3,(H,20,22)/t10-/m0/s1. The fourth-order valence-corrected chi connectivity index (χ4v) is 3.05. The van der Waals surface area contributed by atoms with Crippen LogP contribution in [-0.2, 0) is 16.1 Å². The number of rotatable bonds is 5. The quantitative estimate of drug-likeness (QED) is 0.674. The van der Waals surface area contributed by atoms with Crippen LogP contribution in [0.1, 0.15) is 22.4 Å². The Kier molecular flexibility index (Phi) is 5.39. The highest BCUT2D eigenvalue weighted by atomic mass is 35.5. The Labute approximate surface area is 157 Å². The lowest BCUT2D eigenvalue weighted by Crippen LogP contribution is -2.35. The molecule has 1 N–H and O–H groups in total. The van der Waals surface area contributed by atoms with E-state index in [-0.39, 0.29) is 16.7 Å². The molecule has 3 rings (SSSR count). The van der Waals surface area contributed by atoms with Crippen LogP contribution in [-0.4, -0.2) is 18.0 Å². The average molecular weight is 392 g/mol. The molecule has 1 aromatic carbocycles. The van der Waals surface area contributed by atoms with E-state index in [0.29, 0.717) is 11.6 Å². The fourth-order valence-electron chi connectivity index (χ4n) is 2.23. The second-order valence-corrected chi connectivity index (χ2v) is 6.93. The van der Waals surface area contributed by atoms with Crippen molar-refractivity contribution in [3.8, 4) is 0 Å². The van der Waals surface area contributed by atoms with E-state index in [2.05, 4.69) is 5.32 Å². The van der Waals surface area contributed by atoms with Crippen LogP contribution in [0.2, 0.25) is 5.02 Å². The van der Waals surface area contributed by atoms with E-state index in [1.54, 1.807) is 6.07 Å². The number of ether oxygens (including phenoxy) is 1. The van der Waals surface area contributed by atoms with Crippen molar-refractivity contribution in [2.24, 2.45) is 0 Å². The number of nitrogens with one attached hydrogen (secondary N) is 1. The minimum atomic E-state index is -1.03. The summed E-state index contributed by atoms with van der Waals surface area (Å²) in [6.07, 6.45) is -1.03. The van der Waals surface area contributed by atoms with Gasteiger partial charge in [-0.15, -0.1) is 11.3 Å². The molecule has 3 aromatic rings. The highest BCUT2D eigenvalue weighted by molar-refractivity contribution is 7.09. The van der Waals surface area contributed by atoms with Crippen molar-refractivity contribution >= 4 is 45.8 Å². The van der Waals surface area contributed by atoms with Gasteiger partial charge >= 0.3 is 5.97 Å². The molecule has 0 saturated carbocycles. The van der Waals surface area contributed by atoms with Crippen LogP contribution in [0.4, 0.5) is 0 Å². The molecule has 8 heteroatoms. The lowest BCUT2D eigenvalue weighted by molar-refractivity contribution is -0.129. The van der Waals surface area contributed by atoms with E-state index in [1.807, 2.05) is 17.5 Å². The van der Waals surface area contributed by atoms with Crippen LogP contribution in [0.5, 0.6) is 0 Å². The van der Waals surface area contributed by atoms with Gasteiger partial charge in [-0.1, -0.05) is 17.7 Å². The van der Waals surface area contributed by atoms with Crippen molar-refractivity contribution in [3.05, 3.63) is 67.7 Å². The molecule has 26 heavy (non-hydrogen) atoms. The molecule has 0 radical (unpaired) electrons. The number of fused-ring (bicyclic) bond motifs is 1. The van der Waals surface area contributed by atoms with E-state index in [1.165, 1.54) is 30.4 Å². The van der Waals surface area contributed by atoms with Crippen LogP contribution in [0.25, 0.3) is 11.0 Å². The summed E-state index contributed by atoms with van der Waals surface area (Å²) in [6, 6.07) is 9.29. The third-order valence-electron chi connectivity index (χ3n) is 3.56. The van der Waals surface area contributed by atoms with Crippen molar-refractivity contribution in [2.75, 3.05) is 0 Å². The van der Waals surface area contributed by atoms with Crippen LogP contribution >= 0.6 is 22.9 Å². The number of amides is 1. The predicted molar refractivity (Wildman–Crippen MR) is 98.5 cm³/mol. The highest BCUT2D eigenvalue weighted by Crippen LogP contribution is 2.18. The zero-order valence-electron chi connectivity index (χ0n) is 13.7. The van der Waals surface area contributed by atoms with Gasteiger partial charge in [-0.2, -0.15) is 0 Å². The number of carbonyl (C=O) groups excluding carboxylic acids is 2. The number of thiophene rings is 1. The van der Waals surface area contributed by atoms with Gasteiger partial charge in [-0.25, -0.2) is 4.79 Å². The molecule has 0 bridgehead atoms. The Morgan fingerprint density at radius 3 is 2.85 bits per heavy atom. The summed E-state index contributed by atoms with van der Waals surface area (Å²) in [5, 5.41) is 5.22. The molecule has 1 amide bonds. The zero-order valence-corrected chi connectivity index (χ0v) is 15.2. The summed E-state index contributed by atoms with van der Waals surface area (Å²) < 4.78 is 10.5. The second kappa shape index (κ2) is 7.72. The van der Waals surface area contributed by atoms with Crippen LogP contribution in [0, 0.1) is 0 Å². The summed E-state index contributed by atoms with van der Waals surface area (Å²) in [5.41, 5.74) is -0.209. The molecule has 2 heterocycles. The van der Waals surface area contributed by atoms with Gasteiger partial charge in [-0.3, -0.25) is 9.59 Å². The summed E-state index contributed by atoms with van der Waals surface area (Å²) in [5.74, 6) is -1.61. The van der Waals surface area contributed by atoms with Gasteiger partial charge in [0.25, 0.3) is 5.91 Å². The first-order chi connectivity index (χ1) is 12.4. The first-order valence-electron chi connectivity index (χ1n) is 7.68. The molecule has 2 aromatic heterocycles. The largest absolute Gasteiger partial charge is 0.449 e. The first kappa shape index (κ1) is 18.2. The number of carbonyl (C=O) groups is 2. The molecular weight excluding hydrogens is 378 g/mol. The van der Waals surface area contributed by atoms with Crippen molar-refractivity contribution in [3.63, 3.8) is 0 Å². The number of hydrogen-bond acceptors (Lipinski definition) is 6. The van der Waals surface area contributed by atoms with Crippen molar-refractivity contribution in [1.29, 1.82) is 0 Å². The Morgan fingerprint density at radius 2 is 2.12 bits per heavy atom. The molecule has 0 spiro atoms. The number of hydrogen-bond donors (Lipinski definition) is 1. The van der Waals surface area contributed by atoms with Crippen molar-refractivity contribution in [1.82, 2.24) is 5.32 Å². The average Bonchev–Trinajstić information content (AvgIpc) is 3.13. The number of benzene rings is 1. The summed E-state index contributed by atoms with van der Waals surface area (Å²) in [7, 11) is 0. The lowest BCUT2D eigenvalue weighted by Gasteiger charge is -2.12. The van der Waals surface area contributed by atoms with E-state index >= 15 is 0 Å². The fraction of sp³-hybridized carbons (Fsp3) is 0.167. The Hall–Kier alpha value is -2.64. The molecule has 0 unspecified atom stereocenters. The van der Waals surface area contributed by atoms with Gasteiger partial charge in [0.2, 0.25) is 5.76 Å². The molecule has 0 aliphatic heterocycles. The molecule has 0 aliphatic rings. The van der Waals surface area contributed by atoms with Crippen LogP contribution in [0.15, 0.2) is 51.0 Å². The predicted octanol–water partition coefficient (Wildman–Crippen LogP) is 3.37. The number of esters is 1. The molecule has 6 nitrogen and oxygen atoms in total. The van der Waals surface area contributed by atoms with Crippen molar-refractivity contribution in [2.45, 2.75) is 19.6 Å². The topological polar surface area (TPSA) is 85.6 Å². The highest BCUT2D eigenvalue weighted by Gasteiger charge is 2.21. The molecule has 1 atom stereocenters. The molecule has 0 fully saturated rings. The Balaban J connectivity index is 1.69. The third-order valence-corrected chi connectivity index (χ3v) is 4.67. The monoisotopic (exact) mass is 391 g/mol. The van der Waals surface area contributed by atoms with Gasteiger partial charge < -0.3 is 14.5 Å². The molecule has 0 aliphatic carbocycles. The van der Waals surface area contributed by atoms with Crippen molar-refractivity contribution < 1.29 is 18.7 Å². The van der Waals surface area contributed by atoms with E-state index in [0.717, 1.165) is 10.9 Å². The summed E-state index contributed by atoms with van der Waals surface area (Å²) >= 11 is 7.36. The van der Waals surface area contributed by atoms with Gasteiger partial charge in [0.15, 0.2) is 11.5 Å². The Morgan fingerprint density at radius 1 is 1.31 bits per heavy atom. The van der Waals surface area contributed by atoms with E-state index in [9.17, 15) is 14.4 Å². The SMILES string of the molecule is C[C@H](OC(=O)c1cc(=O)c2cc(Cl)ccc2o1)C(=O)NCc1cccs1. The van der Waals surface area contributed by atoms with Crippen LogP contribution < -0.4 is 10.7 Å². The van der Waals surface area contributed by atoms with Gasteiger partial charge in [-0.05, 0) is 36.6 Å². The number of halogens is 1. The maximum atomic E-state index is 12.2. The smallest absolute Gasteiger partial charge is 0.375 e.